The number of benzene rings is 1. The molecule has 1 aliphatic rings. The molecule has 17 heavy (non-hydrogen) atoms. The molecule has 0 saturated carbocycles. The largest absolute Gasteiger partial charge is 0.337 e. The summed E-state index contributed by atoms with van der Waals surface area (Å²) < 4.78 is 13.6. The molecule has 2 rings (SSSR count). The van der Waals surface area contributed by atoms with Crippen molar-refractivity contribution in [3.05, 3.63) is 34.6 Å². The topological polar surface area (TPSA) is 20.3 Å². The molecule has 1 saturated heterocycles. The van der Waals surface area contributed by atoms with Crippen molar-refractivity contribution >= 4 is 33.4 Å². The molecule has 1 aromatic carbocycles. The van der Waals surface area contributed by atoms with Gasteiger partial charge in [0.2, 0.25) is 0 Å². The predicted molar refractivity (Wildman–Crippen MR) is 69.3 cm³/mol. The second kappa shape index (κ2) is 5.36. The average Bonchev–Trinajstić information content (AvgIpc) is 2.28. The van der Waals surface area contributed by atoms with E-state index in [1.54, 1.807) is 4.90 Å². The molecule has 1 fully saturated rings. The summed E-state index contributed by atoms with van der Waals surface area (Å²) >= 11 is 9.15. The molecule has 1 aliphatic heterocycles. The first-order valence-electron chi connectivity index (χ1n) is 5.46. The number of hydrogen-bond acceptors (Lipinski definition) is 1. The van der Waals surface area contributed by atoms with Crippen LogP contribution in [-0.2, 0) is 0 Å². The molecule has 1 unspecified atom stereocenters. The minimum Gasteiger partial charge on any atom is -0.337 e. The summed E-state index contributed by atoms with van der Waals surface area (Å²) in [5.41, 5.74) is 0.0935. The number of halogens is 3. The van der Waals surface area contributed by atoms with Gasteiger partial charge in [0.15, 0.2) is 0 Å². The minimum atomic E-state index is -0.556. The minimum absolute atomic E-state index is 0.0935. The van der Waals surface area contributed by atoms with Crippen molar-refractivity contribution in [1.29, 1.82) is 0 Å². The number of alkyl halides is 1. The van der Waals surface area contributed by atoms with E-state index in [-0.39, 0.29) is 11.5 Å². The molecular formula is C12H12BrClFNO. The summed E-state index contributed by atoms with van der Waals surface area (Å²) in [6.45, 7) is 1.31. The van der Waals surface area contributed by atoms with Crippen LogP contribution in [0.2, 0.25) is 5.02 Å². The van der Waals surface area contributed by atoms with Crippen LogP contribution in [0.25, 0.3) is 0 Å². The van der Waals surface area contributed by atoms with Gasteiger partial charge in [-0.25, -0.2) is 4.39 Å². The first-order chi connectivity index (χ1) is 8.08. The van der Waals surface area contributed by atoms with Crippen molar-refractivity contribution in [2.75, 3.05) is 13.1 Å². The zero-order valence-corrected chi connectivity index (χ0v) is 11.5. The van der Waals surface area contributed by atoms with Crippen LogP contribution in [0, 0.1) is 5.82 Å². The van der Waals surface area contributed by atoms with Gasteiger partial charge in [0.05, 0.1) is 5.56 Å². The van der Waals surface area contributed by atoms with E-state index in [2.05, 4.69) is 15.9 Å². The number of rotatable bonds is 1. The van der Waals surface area contributed by atoms with Gasteiger partial charge in [-0.05, 0) is 31.0 Å². The Balaban J connectivity index is 2.18. The van der Waals surface area contributed by atoms with Crippen LogP contribution >= 0.6 is 27.5 Å². The molecule has 2 nitrogen and oxygen atoms in total. The summed E-state index contributed by atoms with van der Waals surface area (Å²) in [6, 6.07) is 4.15. The van der Waals surface area contributed by atoms with Crippen LogP contribution < -0.4 is 0 Å². The Kier molecular flexibility index (Phi) is 4.05. The lowest BCUT2D eigenvalue weighted by Crippen LogP contribution is -2.40. The van der Waals surface area contributed by atoms with Crippen LogP contribution in [0.4, 0.5) is 4.39 Å². The number of carbonyl (C=O) groups is 1. The van der Waals surface area contributed by atoms with Crippen LogP contribution in [0.5, 0.6) is 0 Å². The van der Waals surface area contributed by atoms with Gasteiger partial charge in [-0.1, -0.05) is 27.5 Å². The van der Waals surface area contributed by atoms with Gasteiger partial charge in [-0.15, -0.1) is 0 Å². The Hall–Kier alpha value is -0.610. The lowest BCUT2D eigenvalue weighted by atomic mass is 10.1. The fourth-order valence-electron chi connectivity index (χ4n) is 1.94. The van der Waals surface area contributed by atoms with Gasteiger partial charge in [0, 0.05) is 22.9 Å². The maximum atomic E-state index is 13.6. The van der Waals surface area contributed by atoms with E-state index in [1.165, 1.54) is 18.2 Å². The quantitative estimate of drug-likeness (QED) is 0.726. The number of piperidine rings is 1. The van der Waals surface area contributed by atoms with Crippen molar-refractivity contribution in [2.24, 2.45) is 0 Å². The van der Waals surface area contributed by atoms with Gasteiger partial charge >= 0.3 is 0 Å². The molecule has 1 aromatic rings. The molecule has 1 atom stereocenters. The van der Waals surface area contributed by atoms with Crippen molar-refractivity contribution in [3.63, 3.8) is 0 Å². The molecule has 0 radical (unpaired) electrons. The van der Waals surface area contributed by atoms with Crippen molar-refractivity contribution in [2.45, 2.75) is 17.7 Å². The van der Waals surface area contributed by atoms with E-state index in [1.807, 2.05) is 0 Å². The van der Waals surface area contributed by atoms with E-state index in [0.29, 0.717) is 22.9 Å². The molecule has 0 spiro atoms. The van der Waals surface area contributed by atoms with E-state index >= 15 is 0 Å². The standard InChI is InChI=1S/C12H12BrClFNO/c13-8-2-1-5-16(7-8)12(17)10-4-3-9(14)6-11(10)15/h3-4,6,8H,1-2,5,7H2. The first-order valence-corrected chi connectivity index (χ1v) is 6.75. The molecule has 1 amide bonds. The molecule has 0 bridgehead atoms. The molecule has 92 valence electrons. The second-order valence-corrected chi connectivity index (χ2v) is 5.85. The Morgan fingerprint density at radius 3 is 2.94 bits per heavy atom. The number of carbonyl (C=O) groups excluding carboxylic acids is 1. The van der Waals surface area contributed by atoms with Crippen LogP contribution in [0.15, 0.2) is 18.2 Å². The highest BCUT2D eigenvalue weighted by Crippen LogP contribution is 2.21. The average molecular weight is 321 g/mol. The lowest BCUT2D eigenvalue weighted by molar-refractivity contribution is 0.0725. The third-order valence-electron chi connectivity index (χ3n) is 2.81. The Labute approximate surface area is 113 Å². The molecule has 1 heterocycles. The normalized spacial score (nSPS) is 20.4. The number of amides is 1. The van der Waals surface area contributed by atoms with Crippen molar-refractivity contribution < 1.29 is 9.18 Å². The molecule has 0 N–H and O–H groups in total. The predicted octanol–water partition coefficient (Wildman–Crippen LogP) is 3.48. The third-order valence-corrected chi connectivity index (χ3v) is 3.80. The summed E-state index contributed by atoms with van der Waals surface area (Å²) in [6.07, 6.45) is 1.99. The smallest absolute Gasteiger partial charge is 0.256 e. The second-order valence-electron chi connectivity index (χ2n) is 4.11. The SMILES string of the molecule is O=C(c1ccc(Cl)cc1F)N1CCCC(Br)C1. The van der Waals surface area contributed by atoms with Gasteiger partial charge in [0.1, 0.15) is 5.82 Å². The maximum Gasteiger partial charge on any atom is 0.256 e. The summed E-state index contributed by atoms with van der Waals surface area (Å²) in [4.78, 5) is 14.1. The van der Waals surface area contributed by atoms with Crippen molar-refractivity contribution in [3.8, 4) is 0 Å². The van der Waals surface area contributed by atoms with E-state index in [9.17, 15) is 9.18 Å². The number of likely N-dealkylation sites (tertiary alicyclic amines) is 1. The van der Waals surface area contributed by atoms with E-state index < -0.39 is 5.82 Å². The zero-order valence-electron chi connectivity index (χ0n) is 9.13. The summed E-state index contributed by atoms with van der Waals surface area (Å²) in [7, 11) is 0. The van der Waals surface area contributed by atoms with E-state index in [4.69, 9.17) is 11.6 Å². The number of nitrogens with zero attached hydrogens (tertiary/aromatic N) is 1. The van der Waals surface area contributed by atoms with Gasteiger partial charge < -0.3 is 4.90 Å². The fourth-order valence-corrected chi connectivity index (χ4v) is 2.78. The van der Waals surface area contributed by atoms with Gasteiger partial charge in [-0.2, -0.15) is 0 Å². The fraction of sp³-hybridized carbons (Fsp3) is 0.417. The molecular weight excluding hydrogens is 308 g/mol. The molecule has 0 aromatic heterocycles. The van der Waals surface area contributed by atoms with E-state index in [0.717, 1.165) is 12.8 Å². The first kappa shape index (κ1) is 12.8. The van der Waals surface area contributed by atoms with Crippen LogP contribution in [-0.4, -0.2) is 28.7 Å². The van der Waals surface area contributed by atoms with Crippen LogP contribution in [0.1, 0.15) is 23.2 Å². The number of hydrogen-bond donors (Lipinski definition) is 0. The van der Waals surface area contributed by atoms with Crippen molar-refractivity contribution in [1.82, 2.24) is 4.90 Å². The van der Waals surface area contributed by atoms with Crippen LogP contribution in [0.3, 0.4) is 0 Å². The van der Waals surface area contributed by atoms with Gasteiger partial charge in [-0.3, -0.25) is 4.79 Å². The molecule has 0 aliphatic carbocycles. The van der Waals surface area contributed by atoms with Gasteiger partial charge in [0.25, 0.3) is 5.91 Å². The monoisotopic (exact) mass is 319 g/mol. The molecule has 5 heteroatoms. The highest BCUT2D eigenvalue weighted by molar-refractivity contribution is 9.09. The summed E-state index contributed by atoms with van der Waals surface area (Å²) in [5.74, 6) is -0.817. The maximum absolute atomic E-state index is 13.6. The Bertz CT molecular complexity index is 441. The third kappa shape index (κ3) is 2.99. The highest BCUT2D eigenvalue weighted by Gasteiger charge is 2.24. The zero-order chi connectivity index (χ0) is 12.4. The summed E-state index contributed by atoms with van der Waals surface area (Å²) in [5, 5.41) is 0.302. The Morgan fingerprint density at radius 1 is 1.53 bits per heavy atom. The Morgan fingerprint density at radius 2 is 2.29 bits per heavy atom. The lowest BCUT2D eigenvalue weighted by Gasteiger charge is -2.30. The highest BCUT2D eigenvalue weighted by atomic mass is 79.9.